The normalized spacial score (nSPS) is 21.8. The van der Waals surface area contributed by atoms with E-state index in [0.29, 0.717) is 26.2 Å². The van der Waals surface area contributed by atoms with E-state index in [1.807, 2.05) is 19.9 Å². The topological polar surface area (TPSA) is 69.3 Å². The molecule has 0 aromatic carbocycles. The highest BCUT2D eigenvalue weighted by atomic mass is 32.2. The Hall–Kier alpha value is -0.920. The predicted octanol–water partition coefficient (Wildman–Crippen LogP) is 0.786. The molecule has 1 atom stereocenters. The summed E-state index contributed by atoms with van der Waals surface area (Å²) in [7, 11) is -3.29. The molecular formula is C11H20N4O2S. The Morgan fingerprint density at radius 3 is 2.78 bits per heavy atom. The fourth-order valence-electron chi connectivity index (χ4n) is 2.40. The molecule has 1 aromatic rings. The zero-order chi connectivity index (χ0) is 13.2. The van der Waals surface area contributed by atoms with Gasteiger partial charge in [-0.1, -0.05) is 13.8 Å². The first-order valence-electron chi connectivity index (χ1n) is 6.34. The SMILES string of the molecule is CCN(CC)S(=O)(=O)N1CCC(c2ccn[nH]2)C1. The lowest BCUT2D eigenvalue weighted by molar-refractivity contribution is 0.377. The van der Waals surface area contributed by atoms with Gasteiger partial charge in [-0.2, -0.15) is 22.1 Å². The number of aromatic nitrogens is 2. The second-order valence-electron chi connectivity index (χ2n) is 4.45. The van der Waals surface area contributed by atoms with Gasteiger partial charge >= 0.3 is 0 Å². The highest BCUT2D eigenvalue weighted by molar-refractivity contribution is 7.86. The third kappa shape index (κ3) is 2.43. The van der Waals surface area contributed by atoms with E-state index in [9.17, 15) is 8.42 Å². The number of hydrogen-bond donors (Lipinski definition) is 1. The maximum absolute atomic E-state index is 12.3. The number of hydrogen-bond acceptors (Lipinski definition) is 3. The Morgan fingerprint density at radius 1 is 1.50 bits per heavy atom. The van der Waals surface area contributed by atoms with Crippen molar-refractivity contribution in [1.29, 1.82) is 0 Å². The molecule has 7 heteroatoms. The van der Waals surface area contributed by atoms with Crippen molar-refractivity contribution in [2.45, 2.75) is 26.2 Å². The molecular weight excluding hydrogens is 252 g/mol. The average Bonchev–Trinajstić information content (AvgIpc) is 3.01. The van der Waals surface area contributed by atoms with Crippen molar-refractivity contribution < 1.29 is 8.42 Å². The molecule has 1 N–H and O–H groups in total. The Morgan fingerprint density at radius 2 is 2.22 bits per heavy atom. The molecule has 1 saturated heterocycles. The molecule has 6 nitrogen and oxygen atoms in total. The van der Waals surface area contributed by atoms with Gasteiger partial charge in [0.25, 0.3) is 10.2 Å². The van der Waals surface area contributed by atoms with E-state index in [2.05, 4.69) is 10.2 Å². The summed E-state index contributed by atoms with van der Waals surface area (Å²) in [5.41, 5.74) is 1.02. The Balaban J connectivity index is 2.09. The summed E-state index contributed by atoms with van der Waals surface area (Å²) < 4.78 is 27.7. The maximum Gasteiger partial charge on any atom is 0.281 e. The van der Waals surface area contributed by atoms with Crippen LogP contribution in [0.2, 0.25) is 0 Å². The second-order valence-corrected chi connectivity index (χ2v) is 6.38. The first-order valence-corrected chi connectivity index (χ1v) is 7.73. The predicted molar refractivity (Wildman–Crippen MR) is 69.4 cm³/mol. The standard InChI is InChI=1S/C11H20N4O2S/c1-3-14(4-2)18(16,17)15-8-6-10(9-15)11-5-7-12-13-11/h5,7,10H,3-4,6,8-9H2,1-2H3,(H,12,13). The lowest BCUT2D eigenvalue weighted by Gasteiger charge is -2.25. The van der Waals surface area contributed by atoms with E-state index in [4.69, 9.17) is 0 Å². The van der Waals surface area contributed by atoms with E-state index in [0.717, 1.165) is 12.1 Å². The lowest BCUT2D eigenvalue weighted by atomic mass is 10.1. The molecule has 1 aliphatic rings. The Bertz CT molecular complexity index is 467. The van der Waals surface area contributed by atoms with Gasteiger partial charge in [0.05, 0.1) is 0 Å². The lowest BCUT2D eigenvalue weighted by Crippen LogP contribution is -2.42. The molecule has 102 valence electrons. The van der Waals surface area contributed by atoms with Gasteiger partial charge in [0.15, 0.2) is 0 Å². The van der Waals surface area contributed by atoms with Gasteiger partial charge < -0.3 is 0 Å². The minimum absolute atomic E-state index is 0.234. The largest absolute Gasteiger partial charge is 0.282 e. The molecule has 0 amide bonds. The van der Waals surface area contributed by atoms with Crippen LogP contribution in [0.4, 0.5) is 0 Å². The molecule has 1 aliphatic heterocycles. The van der Waals surface area contributed by atoms with Gasteiger partial charge in [-0.05, 0) is 12.5 Å². The molecule has 18 heavy (non-hydrogen) atoms. The van der Waals surface area contributed by atoms with Gasteiger partial charge in [-0.3, -0.25) is 5.10 Å². The van der Waals surface area contributed by atoms with Crippen molar-refractivity contribution in [3.05, 3.63) is 18.0 Å². The summed E-state index contributed by atoms with van der Waals surface area (Å²) in [6.45, 7) is 5.89. The van der Waals surface area contributed by atoms with Crippen LogP contribution in [0.3, 0.4) is 0 Å². The smallest absolute Gasteiger partial charge is 0.281 e. The van der Waals surface area contributed by atoms with Crippen molar-refractivity contribution in [2.24, 2.45) is 0 Å². The van der Waals surface area contributed by atoms with E-state index in [-0.39, 0.29) is 5.92 Å². The summed E-state index contributed by atoms with van der Waals surface area (Å²) in [5.74, 6) is 0.234. The Kier molecular flexibility index (Phi) is 4.04. The summed E-state index contributed by atoms with van der Waals surface area (Å²) in [5, 5.41) is 6.84. The molecule has 0 saturated carbocycles. The van der Waals surface area contributed by atoms with Crippen LogP contribution in [-0.4, -0.2) is 53.4 Å². The quantitative estimate of drug-likeness (QED) is 0.861. The third-order valence-corrected chi connectivity index (χ3v) is 5.62. The summed E-state index contributed by atoms with van der Waals surface area (Å²) in [6, 6.07) is 1.91. The van der Waals surface area contributed by atoms with E-state index in [1.54, 1.807) is 10.5 Å². The van der Waals surface area contributed by atoms with E-state index >= 15 is 0 Å². The first-order chi connectivity index (χ1) is 8.59. The zero-order valence-corrected chi connectivity index (χ0v) is 11.7. The minimum Gasteiger partial charge on any atom is -0.282 e. The van der Waals surface area contributed by atoms with Crippen LogP contribution in [0.25, 0.3) is 0 Å². The van der Waals surface area contributed by atoms with Crippen LogP contribution in [-0.2, 0) is 10.2 Å². The minimum atomic E-state index is -3.29. The average molecular weight is 272 g/mol. The molecule has 2 heterocycles. The van der Waals surface area contributed by atoms with Crippen molar-refractivity contribution >= 4 is 10.2 Å². The monoisotopic (exact) mass is 272 g/mol. The molecule has 0 radical (unpaired) electrons. The molecule has 0 bridgehead atoms. The van der Waals surface area contributed by atoms with Gasteiger partial charge in [-0.15, -0.1) is 0 Å². The first kappa shape index (κ1) is 13.5. The number of H-pyrrole nitrogens is 1. The van der Waals surface area contributed by atoms with Crippen LogP contribution in [0, 0.1) is 0 Å². The van der Waals surface area contributed by atoms with Crippen LogP contribution in [0.5, 0.6) is 0 Å². The number of nitrogens with one attached hydrogen (secondary N) is 1. The molecule has 2 rings (SSSR count). The summed E-state index contributed by atoms with van der Waals surface area (Å²) in [4.78, 5) is 0. The highest BCUT2D eigenvalue weighted by Gasteiger charge is 2.35. The Labute approximate surface area is 108 Å². The molecule has 1 unspecified atom stereocenters. The number of nitrogens with zero attached hydrogens (tertiary/aromatic N) is 3. The van der Waals surface area contributed by atoms with Crippen LogP contribution >= 0.6 is 0 Å². The fourth-order valence-corrected chi connectivity index (χ4v) is 4.08. The molecule has 1 fully saturated rings. The molecule has 0 aliphatic carbocycles. The third-order valence-electron chi connectivity index (χ3n) is 3.47. The molecule has 1 aromatic heterocycles. The number of aromatic amines is 1. The van der Waals surface area contributed by atoms with E-state index < -0.39 is 10.2 Å². The van der Waals surface area contributed by atoms with Crippen molar-refractivity contribution in [2.75, 3.05) is 26.2 Å². The van der Waals surface area contributed by atoms with Crippen LogP contribution in [0.15, 0.2) is 12.3 Å². The summed E-state index contributed by atoms with van der Waals surface area (Å²) >= 11 is 0. The van der Waals surface area contributed by atoms with Crippen molar-refractivity contribution in [3.63, 3.8) is 0 Å². The van der Waals surface area contributed by atoms with Gasteiger partial charge in [-0.25, -0.2) is 0 Å². The van der Waals surface area contributed by atoms with Crippen LogP contribution < -0.4 is 0 Å². The number of rotatable bonds is 5. The second kappa shape index (κ2) is 5.38. The fraction of sp³-hybridized carbons (Fsp3) is 0.727. The van der Waals surface area contributed by atoms with E-state index in [1.165, 1.54) is 4.31 Å². The highest BCUT2D eigenvalue weighted by Crippen LogP contribution is 2.28. The molecule has 0 spiro atoms. The maximum atomic E-state index is 12.3. The van der Waals surface area contributed by atoms with Gasteiger partial charge in [0.2, 0.25) is 0 Å². The van der Waals surface area contributed by atoms with Gasteiger partial charge in [0, 0.05) is 44.0 Å². The van der Waals surface area contributed by atoms with Crippen molar-refractivity contribution in [1.82, 2.24) is 18.8 Å². The van der Waals surface area contributed by atoms with Gasteiger partial charge in [0.1, 0.15) is 0 Å². The van der Waals surface area contributed by atoms with Crippen molar-refractivity contribution in [3.8, 4) is 0 Å². The zero-order valence-electron chi connectivity index (χ0n) is 10.8. The summed E-state index contributed by atoms with van der Waals surface area (Å²) in [6.07, 6.45) is 2.56. The van der Waals surface area contributed by atoms with Crippen LogP contribution in [0.1, 0.15) is 31.9 Å².